The molecule has 0 aromatic heterocycles. The van der Waals surface area contributed by atoms with E-state index in [9.17, 15) is 14.7 Å². The van der Waals surface area contributed by atoms with Crippen LogP contribution in [0, 0.1) is 6.92 Å². The lowest BCUT2D eigenvalue weighted by molar-refractivity contribution is -0.139. The maximum atomic E-state index is 13.2. The van der Waals surface area contributed by atoms with E-state index in [1.807, 2.05) is 25.9 Å². The summed E-state index contributed by atoms with van der Waals surface area (Å²) in [6.07, 6.45) is 0.672. The van der Waals surface area contributed by atoms with Crippen LogP contribution in [0.2, 0.25) is 0 Å². The highest BCUT2D eigenvalue weighted by Gasteiger charge is 2.46. The van der Waals surface area contributed by atoms with Gasteiger partial charge in [0.25, 0.3) is 11.7 Å². The molecule has 0 radical (unpaired) electrons. The molecule has 0 bridgehead atoms. The van der Waals surface area contributed by atoms with Crippen LogP contribution in [0.5, 0.6) is 17.2 Å². The van der Waals surface area contributed by atoms with Crippen LogP contribution in [-0.4, -0.2) is 75.1 Å². The molecule has 1 heterocycles. The third-order valence-corrected chi connectivity index (χ3v) is 5.94. The van der Waals surface area contributed by atoms with E-state index in [1.54, 1.807) is 43.5 Å². The second-order valence-corrected chi connectivity index (χ2v) is 8.45. The Labute approximate surface area is 200 Å². The van der Waals surface area contributed by atoms with E-state index in [-0.39, 0.29) is 11.3 Å². The summed E-state index contributed by atoms with van der Waals surface area (Å²) in [6.45, 7) is 2.96. The highest BCUT2D eigenvalue weighted by Crippen LogP contribution is 2.42. The lowest BCUT2D eigenvalue weighted by Gasteiger charge is -2.26. The predicted molar refractivity (Wildman–Crippen MR) is 129 cm³/mol. The Balaban J connectivity index is 2.16. The van der Waals surface area contributed by atoms with Gasteiger partial charge >= 0.3 is 0 Å². The number of hydrogen-bond acceptors (Lipinski definition) is 7. The summed E-state index contributed by atoms with van der Waals surface area (Å²) >= 11 is 0. The normalized spacial score (nSPS) is 17.4. The zero-order chi connectivity index (χ0) is 25.0. The van der Waals surface area contributed by atoms with Crippen LogP contribution in [-0.2, 0) is 9.59 Å². The second-order valence-electron chi connectivity index (χ2n) is 8.45. The molecule has 2 aromatic carbocycles. The average Bonchev–Trinajstić information content (AvgIpc) is 3.07. The lowest BCUT2D eigenvalue weighted by atomic mass is 9.94. The molecule has 8 heteroatoms. The van der Waals surface area contributed by atoms with Crippen molar-refractivity contribution in [1.82, 2.24) is 9.80 Å². The summed E-state index contributed by atoms with van der Waals surface area (Å²) in [5, 5.41) is 11.3. The first-order valence-corrected chi connectivity index (χ1v) is 11.0. The van der Waals surface area contributed by atoms with Gasteiger partial charge in [-0.1, -0.05) is 6.07 Å². The molecule has 0 spiro atoms. The lowest BCUT2D eigenvalue weighted by Crippen LogP contribution is -2.32. The number of aryl methyl sites for hydroxylation is 1. The fourth-order valence-electron chi connectivity index (χ4n) is 4.22. The molecule has 182 valence electrons. The first kappa shape index (κ1) is 25.1. The van der Waals surface area contributed by atoms with Gasteiger partial charge in [-0.05, 0) is 75.4 Å². The van der Waals surface area contributed by atoms with Crippen molar-refractivity contribution in [1.29, 1.82) is 0 Å². The number of rotatable bonds is 9. The Morgan fingerprint density at radius 3 is 2.21 bits per heavy atom. The smallest absolute Gasteiger partial charge is 0.295 e. The number of ketones is 1. The van der Waals surface area contributed by atoms with E-state index in [4.69, 9.17) is 14.2 Å². The molecule has 1 N–H and O–H groups in total. The Morgan fingerprint density at radius 1 is 0.971 bits per heavy atom. The SMILES string of the molecule is COc1ccc(C(O)=C2C(=O)C(=O)N(CCCN(C)C)C2c2ccc(OC)c(OC)c2)cc1C. The van der Waals surface area contributed by atoms with Gasteiger partial charge < -0.3 is 29.1 Å². The molecule has 1 aliphatic heterocycles. The van der Waals surface area contributed by atoms with Crippen molar-refractivity contribution in [3.05, 3.63) is 58.7 Å². The Bertz CT molecular complexity index is 1110. The van der Waals surface area contributed by atoms with Crippen molar-refractivity contribution in [2.75, 3.05) is 48.5 Å². The van der Waals surface area contributed by atoms with Gasteiger partial charge in [0.1, 0.15) is 11.5 Å². The number of benzene rings is 2. The van der Waals surface area contributed by atoms with Gasteiger partial charge in [0.05, 0.1) is 32.9 Å². The van der Waals surface area contributed by atoms with Crippen molar-refractivity contribution in [3.63, 3.8) is 0 Å². The van der Waals surface area contributed by atoms with Gasteiger partial charge in [-0.15, -0.1) is 0 Å². The molecule has 3 rings (SSSR count). The van der Waals surface area contributed by atoms with Gasteiger partial charge in [-0.25, -0.2) is 0 Å². The van der Waals surface area contributed by atoms with Crippen LogP contribution in [0.4, 0.5) is 0 Å². The van der Waals surface area contributed by atoms with Crippen molar-refractivity contribution in [3.8, 4) is 17.2 Å². The molecule has 0 aliphatic carbocycles. The summed E-state index contributed by atoms with van der Waals surface area (Å²) in [7, 11) is 8.53. The number of hydrogen-bond donors (Lipinski definition) is 1. The molecule has 1 atom stereocenters. The minimum absolute atomic E-state index is 0.0478. The molecule has 2 aromatic rings. The fraction of sp³-hybridized carbons (Fsp3) is 0.385. The minimum Gasteiger partial charge on any atom is -0.507 e. The highest BCUT2D eigenvalue weighted by molar-refractivity contribution is 6.46. The van der Waals surface area contributed by atoms with Crippen LogP contribution < -0.4 is 14.2 Å². The van der Waals surface area contributed by atoms with Gasteiger partial charge in [-0.2, -0.15) is 0 Å². The number of carbonyl (C=O) groups excluding carboxylic acids is 2. The summed E-state index contributed by atoms with van der Waals surface area (Å²) in [6, 6.07) is 9.62. The van der Waals surface area contributed by atoms with Crippen molar-refractivity contribution >= 4 is 17.4 Å². The Hall–Kier alpha value is -3.52. The minimum atomic E-state index is -0.760. The summed E-state index contributed by atoms with van der Waals surface area (Å²) < 4.78 is 16.1. The van der Waals surface area contributed by atoms with Gasteiger partial charge in [0, 0.05) is 12.1 Å². The average molecular weight is 469 g/mol. The summed E-state index contributed by atoms with van der Waals surface area (Å²) in [4.78, 5) is 29.8. The molecule has 34 heavy (non-hydrogen) atoms. The zero-order valence-electron chi connectivity index (χ0n) is 20.5. The quantitative estimate of drug-likeness (QED) is 0.343. The number of Topliss-reactive ketones (excluding diaryl/α,β-unsaturated/α-hetero) is 1. The Morgan fingerprint density at radius 2 is 1.62 bits per heavy atom. The van der Waals surface area contributed by atoms with Crippen LogP contribution >= 0.6 is 0 Å². The number of carbonyl (C=O) groups is 2. The zero-order valence-corrected chi connectivity index (χ0v) is 20.5. The molecule has 1 fully saturated rings. The largest absolute Gasteiger partial charge is 0.507 e. The fourth-order valence-corrected chi connectivity index (χ4v) is 4.22. The summed E-state index contributed by atoms with van der Waals surface area (Å²) in [5.74, 6) is 0.0952. The van der Waals surface area contributed by atoms with E-state index in [1.165, 1.54) is 19.1 Å². The predicted octanol–water partition coefficient (Wildman–Crippen LogP) is 3.39. The van der Waals surface area contributed by atoms with Crippen molar-refractivity contribution in [2.45, 2.75) is 19.4 Å². The van der Waals surface area contributed by atoms with E-state index >= 15 is 0 Å². The van der Waals surface area contributed by atoms with Gasteiger partial charge in [0.15, 0.2) is 11.5 Å². The molecule has 1 unspecified atom stereocenters. The number of nitrogens with zero attached hydrogens (tertiary/aromatic N) is 2. The van der Waals surface area contributed by atoms with E-state index in [2.05, 4.69) is 0 Å². The van der Waals surface area contributed by atoms with Crippen LogP contribution in [0.25, 0.3) is 5.76 Å². The standard InChI is InChI=1S/C26H32N2O6/c1-16-14-18(9-10-19(16)32-4)24(29)22-23(17-8-11-20(33-5)21(15-17)34-6)28(26(31)25(22)30)13-7-12-27(2)3/h8-11,14-15,23,29H,7,12-13H2,1-6H3. The maximum Gasteiger partial charge on any atom is 0.295 e. The number of aliphatic hydroxyl groups is 1. The molecule has 1 aliphatic rings. The highest BCUT2D eigenvalue weighted by atomic mass is 16.5. The second kappa shape index (κ2) is 10.6. The first-order valence-electron chi connectivity index (χ1n) is 11.0. The van der Waals surface area contributed by atoms with Crippen molar-refractivity contribution in [2.24, 2.45) is 0 Å². The van der Waals surface area contributed by atoms with E-state index in [0.29, 0.717) is 41.3 Å². The first-order chi connectivity index (χ1) is 16.2. The van der Waals surface area contributed by atoms with Crippen LogP contribution in [0.3, 0.4) is 0 Å². The van der Waals surface area contributed by atoms with Gasteiger partial charge in [0.2, 0.25) is 0 Å². The third-order valence-electron chi connectivity index (χ3n) is 5.94. The number of likely N-dealkylation sites (tertiary alicyclic amines) is 1. The molecular weight excluding hydrogens is 436 g/mol. The number of methoxy groups -OCH3 is 3. The molecule has 8 nitrogen and oxygen atoms in total. The van der Waals surface area contributed by atoms with Crippen molar-refractivity contribution < 1.29 is 28.9 Å². The molecule has 1 saturated heterocycles. The van der Waals surface area contributed by atoms with E-state index in [0.717, 1.165) is 12.1 Å². The Kier molecular flexibility index (Phi) is 7.83. The third kappa shape index (κ3) is 4.87. The van der Waals surface area contributed by atoms with Gasteiger partial charge in [-0.3, -0.25) is 9.59 Å². The number of aliphatic hydroxyl groups excluding tert-OH is 1. The number of amides is 1. The molecule has 1 amide bonds. The molecular formula is C26H32N2O6. The summed E-state index contributed by atoms with van der Waals surface area (Å²) in [5.41, 5.74) is 1.93. The van der Waals surface area contributed by atoms with Crippen LogP contribution in [0.15, 0.2) is 42.0 Å². The number of ether oxygens (including phenoxy) is 3. The monoisotopic (exact) mass is 468 g/mol. The molecule has 0 saturated carbocycles. The van der Waals surface area contributed by atoms with Crippen LogP contribution in [0.1, 0.15) is 29.2 Å². The van der Waals surface area contributed by atoms with E-state index < -0.39 is 17.7 Å². The topological polar surface area (TPSA) is 88.5 Å². The maximum absolute atomic E-state index is 13.2.